The van der Waals surface area contributed by atoms with Crippen LogP contribution in [0.3, 0.4) is 0 Å². The largest absolute Gasteiger partial charge is 0.493 e. The van der Waals surface area contributed by atoms with E-state index in [1.807, 2.05) is 24.3 Å². The molecule has 1 aliphatic heterocycles. The molecule has 0 radical (unpaired) electrons. The SMILES string of the molecule is Cc1cc(CS(=O)(=O)[C@H](C)C(=O)N[C@H]2CCOc3ccccc32)no1. The zero-order valence-electron chi connectivity index (χ0n) is 14.1. The molecule has 1 amide bonds. The van der Waals surface area contributed by atoms with Gasteiger partial charge in [0.25, 0.3) is 0 Å². The van der Waals surface area contributed by atoms with Gasteiger partial charge in [0.05, 0.1) is 24.1 Å². The number of fused-ring (bicyclic) bond motifs is 1. The highest BCUT2D eigenvalue weighted by molar-refractivity contribution is 7.92. The fourth-order valence-electron chi connectivity index (χ4n) is 2.76. The van der Waals surface area contributed by atoms with Gasteiger partial charge >= 0.3 is 0 Å². The Bertz CT molecular complexity index is 875. The Morgan fingerprint density at radius 3 is 2.88 bits per heavy atom. The van der Waals surface area contributed by atoms with E-state index in [-0.39, 0.29) is 11.8 Å². The Morgan fingerprint density at radius 1 is 1.40 bits per heavy atom. The first-order valence-corrected chi connectivity index (χ1v) is 9.74. The number of benzene rings is 1. The second kappa shape index (κ2) is 6.87. The number of sulfone groups is 1. The highest BCUT2D eigenvalue weighted by Crippen LogP contribution is 2.31. The van der Waals surface area contributed by atoms with Crippen LogP contribution in [0.4, 0.5) is 0 Å². The number of para-hydroxylation sites is 1. The number of aryl methyl sites for hydroxylation is 1. The molecule has 0 aliphatic carbocycles. The van der Waals surface area contributed by atoms with Crippen LogP contribution >= 0.6 is 0 Å². The first kappa shape index (κ1) is 17.5. The molecule has 0 unspecified atom stereocenters. The molecule has 0 spiro atoms. The summed E-state index contributed by atoms with van der Waals surface area (Å²) in [7, 11) is -3.69. The molecular formula is C17H20N2O5S. The summed E-state index contributed by atoms with van der Waals surface area (Å²) in [6.45, 7) is 3.55. The van der Waals surface area contributed by atoms with E-state index in [1.165, 1.54) is 6.92 Å². The Morgan fingerprint density at radius 2 is 2.16 bits per heavy atom. The van der Waals surface area contributed by atoms with Gasteiger partial charge in [-0.1, -0.05) is 23.4 Å². The Balaban J connectivity index is 1.71. The van der Waals surface area contributed by atoms with E-state index < -0.39 is 21.0 Å². The first-order valence-electron chi connectivity index (χ1n) is 8.02. The molecule has 25 heavy (non-hydrogen) atoms. The van der Waals surface area contributed by atoms with Crippen LogP contribution in [-0.4, -0.2) is 31.3 Å². The van der Waals surface area contributed by atoms with Crippen molar-refractivity contribution in [2.75, 3.05) is 6.61 Å². The third-order valence-electron chi connectivity index (χ3n) is 4.21. The molecule has 1 aliphatic rings. The second-order valence-corrected chi connectivity index (χ2v) is 8.44. The van der Waals surface area contributed by atoms with Crippen LogP contribution in [0.2, 0.25) is 0 Å². The first-order chi connectivity index (χ1) is 11.9. The third kappa shape index (κ3) is 3.84. The average Bonchev–Trinajstić information content (AvgIpc) is 2.98. The maximum absolute atomic E-state index is 12.5. The standard InChI is InChI=1S/C17H20N2O5S/c1-11-9-13(19-24-11)10-25(21,22)12(2)17(20)18-15-7-8-23-16-6-4-3-5-14(15)16/h3-6,9,12,15H,7-8,10H2,1-2H3,(H,18,20)/t12-,15+/m1/s1. The Labute approximate surface area is 146 Å². The molecule has 0 bridgehead atoms. The van der Waals surface area contributed by atoms with Crippen LogP contribution in [0.5, 0.6) is 5.75 Å². The van der Waals surface area contributed by atoms with Crippen molar-refractivity contribution in [3.63, 3.8) is 0 Å². The van der Waals surface area contributed by atoms with Crippen LogP contribution in [0.1, 0.15) is 36.4 Å². The zero-order chi connectivity index (χ0) is 18.0. The summed E-state index contributed by atoms with van der Waals surface area (Å²) in [5, 5.41) is 5.33. The molecule has 0 fully saturated rings. The Hall–Kier alpha value is -2.35. The van der Waals surface area contributed by atoms with Gasteiger partial charge in [-0.05, 0) is 19.9 Å². The van der Waals surface area contributed by atoms with Crippen LogP contribution in [-0.2, 0) is 20.4 Å². The number of rotatable bonds is 5. The van der Waals surface area contributed by atoms with Crippen LogP contribution in [0.15, 0.2) is 34.9 Å². The van der Waals surface area contributed by atoms with Crippen molar-refractivity contribution in [2.24, 2.45) is 0 Å². The van der Waals surface area contributed by atoms with Crippen LogP contribution in [0, 0.1) is 6.92 Å². The van der Waals surface area contributed by atoms with Crippen molar-refractivity contribution in [2.45, 2.75) is 37.3 Å². The summed E-state index contributed by atoms with van der Waals surface area (Å²) < 4.78 is 35.4. The molecule has 0 saturated carbocycles. The molecule has 3 rings (SSSR count). The van der Waals surface area contributed by atoms with Crippen LogP contribution < -0.4 is 10.1 Å². The number of hydrogen-bond donors (Lipinski definition) is 1. The normalized spacial score (nSPS) is 18.1. The number of amides is 1. The van der Waals surface area contributed by atoms with Gasteiger partial charge in [-0.25, -0.2) is 8.42 Å². The third-order valence-corrected chi connectivity index (χ3v) is 6.20. The second-order valence-electron chi connectivity index (χ2n) is 6.11. The van der Waals surface area contributed by atoms with Gasteiger partial charge < -0.3 is 14.6 Å². The highest BCUT2D eigenvalue weighted by Gasteiger charge is 2.32. The van der Waals surface area contributed by atoms with Crippen molar-refractivity contribution in [1.82, 2.24) is 10.5 Å². The summed E-state index contributed by atoms with van der Waals surface area (Å²) in [4.78, 5) is 12.5. The predicted octanol–water partition coefficient (Wildman–Crippen LogP) is 1.93. The number of carbonyl (C=O) groups is 1. The summed E-state index contributed by atoms with van der Waals surface area (Å²) in [6, 6.07) is 8.72. The number of ether oxygens (including phenoxy) is 1. The molecule has 134 valence electrons. The minimum Gasteiger partial charge on any atom is -0.493 e. The topological polar surface area (TPSA) is 98.5 Å². The molecule has 2 heterocycles. The predicted molar refractivity (Wildman–Crippen MR) is 90.8 cm³/mol. The molecule has 1 aromatic carbocycles. The lowest BCUT2D eigenvalue weighted by Crippen LogP contribution is -2.41. The summed E-state index contributed by atoms with van der Waals surface area (Å²) in [6.07, 6.45) is 0.595. The average molecular weight is 364 g/mol. The lowest BCUT2D eigenvalue weighted by molar-refractivity contribution is -0.121. The lowest BCUT2D eigenvalue weighted by atomic mass is 10.0. The Kier molecular flexibility index (Phi) is 4.80. The number of nitrogens with zero attached hydrogens (tertiary/aromatic N) is 1. The molecule has 2 aromatic rings. The number of hydrogen-bond acceptors (Lipinski definition) is 6. The zero-order valence-corrected chi connectivity index (χ0v) is 14.9. The summed E-state index contributed by atoms with van der Waals surface area (Å²) in [5.41, 5.74) is 1.16. The van der Waals surface area contributed by atoms with Crippen molar-refractivity contribution in [3.8, 4) is 5.75 Å². The minimum absolute atomic E-state index is 0.260. The van der Waals surface area contributed by atoms with Gasteiger partial charge in [0, 0.05) is 18.1 Å². The lowest BCUT2D eigenvalue weighted by Gasteiger charge is -2.27. The summed E-state index contributed by atoms with van der Waals surface area (Å²) in [5.74, 6) is 0.388. The molecular weight excluding hydrogens is 344 g/mol. The number of carbonyl (C=O) groups excluding carboxylic acids is 1. The van der Waals surface area contributed by atoms with Gasteiger partial charge in [-0.15, -0.1) is 0 Å². The molecule has 1 aromatic heterocycles. The quantitative estimate of drug-likeness (QED) is 0.870. The fraction of sp³-hybridized carbons (Fsp3) is 0.412. The van der Waals surface area contributed by atoms with E-state index in [9.17, 15) is 13.2 Å². The maximum atomic E-state index is 12.5. The van der Waals surface area contributed by atoms with E-state index in [0.29, 0.717) is 30.2 Å². The highest BCUT2D eigenvalue weighted by atomic mass is 32.2. The smallest absolute Gasteiger partial charge is 0.238 e. The van der Waals surface area contributed by atoms with Crippen molar-refractivity contribution >= 4 is 15.7 Å². The monoisotopic (exact) mass is 364 g/mol. The van der Waals surface area contributed by atoms with Crippen LogP contribution in [0.25, 0.3) is 0 Å². The fourth-order valence-corrected chi connectivity index (χ4v) is 3.95. The maximum Gasteiger partial charge on any atom is 0.238 e. The minimum atomic E-state index is -3.69. The molecule has 8 heteroatoms. The van der Waals surface area contributed by atoms with E-state index in [2.05, 4.69) is 10.5 Å². The molecule has 1 N–H and O–H groups in total. The number of nitrogens with one attached hydrogen (secondary N) is 1. The van der Waals surface area contributed by atoms with E-state index in [1.54, 1.807) is 13.0 Å². The van der Waals surface area contributed by atoms with Crippen molar-refractivity contribution < 1.29 is 22.5 Å². The number of aromatic nitrogens is 1. The molecule has 0 saturated heterocycles. The van der Waals surface area contributed by atoms with Crippen molar-refractivity contribution in [1.29, 1.82) is 0 Å². The van der Waals surface area contributed by atoms with E-state index in [4.69, 9.17) is 9.26 Å². The summed E-state index contributed by atoms with van der Waals surface area (Å²) >= 11 is 0. The van der Waals surface area contributed by atoms with Gasteiger partial charge in [0.15, 0.2) is 9.84 Å². The van der Waals surface area contributed by atoms with Gasteiger partial charge in [-0.2, -0.15) is 0 Å². The van der Waals surface area contributed by atoms with Gasteiger partial charge in [0.2, 0.25) is 5.91 Å². The molecule has 2 atom stereocenters. The van der Waals surface area contributed by atoms with Gasteiger partial charge in [-0.3, -0.25) is 4.79 Å². The molecule has 7 nitrogen and oxygen atoms in total. The van der Waals surface area contributed by atoms with E-state index >= 15 is 0 Å². The van der Waals surface area contributed by atoms with Gasteiger partial charge in [0.1, 0.15) is 16.8 Å². The van der Waals surface area contributed by atoms with Crippen molar-refractivity contribution in [3.05, 3.63) is 47.3 Å². The van der Waals surface area contributed by atoms with E-state index in [0.717, 1.165) is 5.56 Å².